The first-order valence-corrected chi connectivity index (χ1v) is 7.50. The number of carboxylic acid groups (broad SMARTS) is 1. The first-order chi connectivity index (χ1) is 12.0. The van der Waals surface area contributed by atoms with Crippen LogP contribution in [-0.4, -0.2) is 38.6 Å². The summed E-state index contributed by atoms with van der Waals surface area (Å²) in [7, 11) is 4.57. The summed E-state index contributed by atoms with van der Waals surface area (Å²) >= 11 is 5.83. The highest BCUT2D eigenvalue weighted by Gasteiger charge is 2.12. The zero-order valence-corrected chi connectivity index (χ0v) is 14.6. The first kappa shape index (κ1) is 18.4. The minimum absolute atomic E-state index is 0.00495. The van der Waals surface area contributed by atoms with Crippen LogP contribution in [0.4, 0.5) is 5.69 Å². The molecule has 0 saturated carbocycles. The number of carboxylic acids is 1. The lowest BCUT2D eigenvalue weighted by Gasteiger charge is -2.12. The Bertz CT molecular complexity index is 783. The Kier molecular flexibility index (Phi) is 6.08. The number of hydrogen-bond donors (Lipinski definition) is 2. The van der Waals surface area contributed by atoms with Gasteiger partial charge in [0.25, 0.3) is 0 Å². The summed E-state index contributed by atoms with van der Waals surface area (Å²) in [6.07, 6.45) is 1.54. The van der Waals surface area contributed by atoms with Crippen molar-refractivity contribution in [2.45, 2.75) is 0 Å². The number of anilines is 1. The van der Waals surface area contributed by atoms with E-state index < -0.39 is 5.97 Å². The fourth-order valence-corrected chi connectivity index (χ4v) is 2.31. The summed E-state index contributed by atoms with van der Waals surface area (Å²) < 4.78 is 15.8. The summed E-state index contributed by atoms with van der Waals surface area (Å²) in [5, 5.41) is 13.3. The molecule has 0 fully saturated rings. The van der Waals surface area contributed by atoms with Gasteiger partial charge in [0.05, 0.1) is 43.8 Å². The molecule has 2 aromatic carbocycles. The van der Waals surface area contributed by atoms with Gasteiger partial charge in [-0.05, 0) is 30.3 Å². The minimum Gasteiger partial charge on any atom is -0.493 e. The Balaban J connectivity index is 2.22. The van der Waals surface area contributed by atoms with Crippen molar-refractivity contribution in [2.24, 2.45) is 5.10 Å². The molecule has 2 N–H and O–H groups in total. The normalized spacial score (nSPS) is 10.6. The highest BCUT2D eigenvalue weighted by Crippen LogP contribution is 2.37. The predicted octanol–water partition coefficient (Wildman–Crippen LogP) is 3.51. The molecule has 132 valence electrons. The van der Waals surface area contributed by atoms with Gasteiger partial charge in [-0.15, -0.1) is 0 Å². The van der Waals surface area contributed by atoms with E-state index in [1.165, 1.54) is 33.5 Å². The fraction of sp³-hybridized carbons (Fsp3) is 0.176. The number of hydrogen-bond acceptors (Lipinski definition) is 6. The molecule has 0 aliphatic carbocycles. The van der Waals surface area contributed by atoms with Gasteiger partial charge in [-0.2, -0.15) is 5.10 Å². The number of nitrogens with one attached hydrogen (secondary N) is 1. The molecule has 0 bridgehead atoms. The maximum atomic E-state index is 11.1. The third-order valence-corrected chi connectivity index (χ3v) is 3.62. The van der Waals surface area contributed by atoms with Crippen LogP contribution >= 0.6 is 11.6 Å². The van der Waals surface area contributed by atoms with Crippen LogP contribution in [0.25, 0.3) is 0 Å². The van der Waals surface area contributed by atoms with E-state index >= 15 is 0 Å². The van der Waals surface area contributed by atoms with Gasteiger partial charge in [-0.1, -0.05) is 11.6 Å². The molecule has 0 saturated heterocycles. The van der Waals surface area contributed by atoms with Crippen molar-refractivity contribution in [1.29, 1.82) is 0 Å². The first-order valence-electron chi connectivity index (χ1n) is 7.12. The van der Waals surface area contributed by atoms with Crippen LogP contribution in [0.2, 0.25) is 5.02 Å². The predicted molar refractivity (Wildman–Crippen MR) is 95.7 cm³/mol. The van der Waals surface area contributed by atoms with Gasteiger partial charge >= 0.3 is 5.97 Å². The molecule has 2 aromatic rings. The lowest BCUT2D eigenvalue weighted by molar-refractivity contribution is 0.0697. The van der Waals surface area contributed by atoms with Crippen molar-refractivity contribution in [2.75, 3.05) is 26.8 Å². The Labute approximate surface area is 149 Å². The van der Waals surface area contributed by atoms with Crippen molar-refractivity contribution in [3.63, 3.8) is 0 Å². The molecular weight excluding hydrogens is 348 g/mol. The van der Waals surface area contributed by atoms with Gasteiger partial charge in [-0.3, -0.25) is 5.43 Å². The number of benzene rings is 2. The van der Waals surface area contributed by atoms with E-state index in [-0.39, 0.29) is 10.6 Å². The van der Waals surface area contributed by atoms with E-state index in [0.29, 0.717) is 28.5 Å². The smallest absolute Gasteiger partial charge is 0.337 e. The van der Waals surface area contributed by atoms with Crippen molar-refractivity contribution in [3.8, 4) is 17.2 Å². The summed E-state index contributed by atoms with van der Waals surface area (Å²) in [5.41, 5.74) is 3.94. The average molecular weight is 365 g/mol. The van der Waals surface area contributed by atoms with Gasteiger partial charge in [0.1, 0.15) is 0 Å². The van der Waals surface area contributed by atoms with E-state index in [9.17, 15) is 4.79 Å². The van der Waals surface area contributed by atoms with E-state index in [2.05, 4.69) is 10.5 Å². The van der Waals surface area contributed by atoms with Crippen LogP contribution in [0.3, 0.4) is 0 Å². The molecule has 0 aromatic heterocycles. The van der Waals surface area contributed by atoms with Crippen molar-refractivity contribution in [1.82, 2.24) is 0 Å². The fourth-order valence-electron chi connectivity index (χ4n) is 2.12. The number of carbonyl (C=O) groups is 1. The number of ether oxygens (including phenoxy) is 3. The molecule has 8 heteroatoms. The average Bonchev–Trinajstić information content (AvgIpc) is 2.61. The highest BCUT2D eigenvalue weighted by atomic mass is 35.5. The summed E-state index contributed by atoms with van der Waals surface area (Å²) in [4.78, 5) is 11.1. The summed E-state index contributed by atoms with van der Waals surface area (Å²) in [6, 6.07) is 7.98. The standard InChI is InChI=1S/C17H17ClN2O5/c1-23-14-6-10(7-15(24-2)16(14)25-3)9-19-20-11-4-5-13(18)12(8-11)17(21)22/h4-9,20H,1-3H3,(H,21,22)/b19-9+. The lowest BCUT2D eigenvalue weighted by Crippen LogP contribution is -2.00. The number of halogens is 1. The third-order valence-electron chi connectivity index (χ3n) is 3.29. The number of methoxy groups -OCH3 is 3. The number of rotatable bonds is 7. The van der Waals surface area contributed by atoms with E-state index in [0.717, 1.165) is 0 Å². The molecule has 2 rings (SSSR count). The minimum atomic E-state index is -1.11. The SMILES string of the molecule is COc1cc(/C=N/Nc2ccc(Cl)c(C(=O)O)c2)cc(OC)c1OC. The third kappa shape index (κ3) is 4.33. The van der Waals surface area contributed by atoms with E-state index in [1.54, 1.807) is 24.4 Å². The van der Waals surface area contributed by atoms with Gasteiger partial charge in [0.15, 0.2) is 11.5 Å². The monoisotopic (exact) mass is 364 g/mol. The van der Waals surface area contributed by atoms with E-state index in [1.807, 2.05) is 0 Å². The van der Waals surface area contributed by atoms with Crippen LogP contribution in [0.5, 0.6) is 17.2 Å². The molecule has 0 spiro atoms. The Hall–Kier alpha value is -2.93. The second-order valence-electron chi connectivity index (χ2n) is 4.83. The highest BCUT2D eigenvalue weighted by molar-refractivity contribution is 6.33. The molecular formula is C17H17ClN2O5. The largest absolute Gasteiger partial charge is 0.493 e. The molecule has 0 aliphatic rings. The van der Waals surface area contributed by atoms with Crippen molar-refractivity contribution in [3.05, 3.63) is 46.5 Å². The second-order valence-corrected chi connectivity index (χ2v) is 5.24. The van der Waals surface area contributed by atoms with Gasteiger partial charge in [0, 0.05) is 5.56 Å². The molecule has 25 heavy (non-hydrogen) atoms. The zero-order chi connectivity index (χ0) is 18.4. The number of hydrazone groups is 1. The molecule has 0 atom stereocenters. The van der Waals surface area contributed by atoms with E-state index in [4.69, 9.17) is 30.9 Å². The van der Waals surface area contributed by atoms with Gasteiger partial charge in [0.2, 0.25) is 5.75 Å². The Morgan fingerprint density at radius 2 is 1.76 bits per heavy atom. The van der Waals surface area contributed by atoms with Crippen LogP contribution < -0.4 is 19.6 Å². The Morgan fingerprint density at radius 3 is 2.28 bits per heavy atom. The van der Waals surface area contributed by atoms with Crippen LogP contribution in [-0.2, 0) is 0 Å². The summed E-state index contributed by atoms with van der Waals surface area (Å²) in [6.45, 7) is 0. The topological polar surface area (TPSA) is 89.4 Å². The van der Waals surface area contributed by atoms with Crippen molar-refractivity contribution >= 4 is 29.5 Å². The molecule has 0 radical (unpaired) electrons. The molecule has 0 aliphatic heterocycles. The lowest BCUT2D eigenvalue weighted by atomic mass is 10.2. The molecule has 7 nitrogen and oxygen atoms in total. The zero-order valence-electron chi connectivity index (χ0n) is 13.9. The number of nitrogens with zero attached hydrogens (tertiary/aromatic N) is 1. The Morgan fingerprint density at radius 1 is 1.12 bits per heavy atom. The van der Waals surface area contributed by atoms with Crippen LogP contribution in [0, 0.1) is 0 Å². The quantitative estimate of drug-likeness (QED) is 0.577. The maximum absolute atomic E-state index is 11.1. The van der Waals surface area contributed by atoms with Crippen LogP contribution in [0.1, 0.15) is 15.9 Å². The number of aromatic carboxylic acids is 1. The van der Waals surface area contributed by atoms with Crippen LogP contribution in [0.15, 0.2) is 35.4 Å². The second kappa shape index (κ2) is 8.25. The van der Waals surface area contributed by atoms with Gasteiger partial charge < -0.3 is 19.3 Å². The molecule has 0 unspecified atom stereocenters. The maximum Gasteiger partial charge on any atom is 0.337 e. The van der Waals surface area contributed by atoms with Gasteiger partial charge in [-0.25, -0.2) is 4.79 Å². The molecule has 0 heterocycles. The molecule has 0 amide bonds. The van der Waals surface area contributed by atoms with Crippen molar-refractivity contribution < 1.29 is 24.1 Å². The summed E-state index contributed by atoms with van der Waals surface area (Å²) in [5.74, 6) is 0.382.